The summed E-state index contributed by atoms with van der Waals surface area (Å²) in [5, 5.41) is 3.12. The predicted molar refractivity (Wildman–Crippen MR) is 63.7 cm³/mol. The molecule has 3 nitrogen and oxygen atoms in total. The average molecular weight is 236 g/mol. The highest BCUT2D eigenvalue weighted by Crippen LogP contribution is 2.23. The standard InChI is InChI=1S/C13H17FN2O/c1-9(2)8-16-12(17)7-15-13(16)10-4-3-5-11(14)6-10/h3-6,9,13,15H,7-8H2,1-2H3. The van der Waals surface area contributed by atoms with E-state index in [0.29, 0.717) is 19.0 Å². The predicted octanol–water partition coefficient (Wildman–Crippen LogP) is 1.91. The summed E-state index contributed by atoms with van der Waals surface area (Å²) in [6.45, 7) is 5.14. The summed E-state index contributed by atoms with van der Waals surface area (Å²) in [4.78, 5) is 13.5. The van der Waals surface area contributed by atoms with Crippen LogP contribution in [0.3, 0.4) is 0 Å². The lowest BCUT2D eigenvalue weighted by Crippen LogP contribution is -2.33. The van der Waals surface area contributed by atoms with E-state index < -0.39 is 0 Å². The van der Waals surface area contributed by atoms with Crippen molar-refractivity contribution >= 4 is 5.91 Å². The monoisotopic (exact) mass is 236 g/mol. The maximum Gasteiger partial charge on any atom is 0.238 e. The van der Waals surface area contributed by atoms with Crippen molar-refractivity contribution in [2.24, 2.45) is 5.92 Å². The van der Waals surface area contributed by atoms with E-state index in [1.54, 1.807) is 11.0 Å². The number of amides is 1. The van der Waals surface area contributed by atoms with Crippen LogP contribution in [-0.4, -0.2) is 23.9 Å². The van der Waals surface area contributed by atoms with Crippen LogP contribution in [0, 0.1) is 11.7 Å². The van der Waals surface area contributed by atoms with Crippen LogP contribution in [0.25, 0.3) is 0 Å². The van der Waals surface area contributed by atoms with Crippen LogP contribution < -0.4 is 5.32 Å². The maximum absolute atomic E-state index is 13.2. The molecule has 1 aromatic rings. The molecule has 1 aromatic carbocycles. The van der Waals surface area contributed by atoms with Crippen molar-refractivity contribution in [3.63, 3.8) is 0 Å². The van der Waals surface area contributed by atoms with Gasteiger partial charge < -0.3 is 4.90 Å². The summed E-state index contributed by atoms with van der Waals surface area (Å²) in [7, 11) is 0. The molecule has 1 heterocycles. The highest BCUT2D eigenvalue weighted by molar-refractivity contribution is 5.80. The van der Waals surface area contributed by atoms with Crippen molar-refractivity contribution in [3.8, 4) is 0 Å². The number of hydrogen-bond acceptors (Lipinski definition) is 2. The summed E-state index contributed by atoms with van der Waals surface area (Å²) in [5.41, 5.74) is 0.802. The number of carbonyl (C=O) groups is 1. The first-order valence-corrected chi connectivity index (χ1v) is 5.86. The molecule has 0 aromatic heterocycles. The highest BCUT2D eigenvalue weighted by Gasteiger charge is 2.31. The molecule has 0 saturated carbocycles. The molecule has 1 amide bonds. The Bertz CT molecular complexity index is 420. The van der Waals surface area contributed by atoms with Crippen LogP contribution in [-0.2, 0) is 4.79 Å². The van der Waals surface area contributed by atoms with Crippen molar-refractivity contribution in [2.45, 2.75) is 20.0 Å². The fourth-order valence-electron chi connectivity index (χ4n) is 2.11. The molecule has 1 atom stereocenters. The molecule has 1 aliphatic heterocycles. The van der Waals surface area contributed by atoms with E-state index in [9.17, 15) is 9.18 Å². The Morgan fingerprint density at radius 2 is 2.29 bits per heavy atom. The van der Waals surface area contributed by atoms with Gasteiger partial charge in [0.05, 0.1) is 6.54 Å². The average Bonchev–Trinajstić information content (AvgIpc) is 2.60. The molecule has 4 heteroatoms. The molecule has 2 rings (SSSR count). The van der Waals surface area contributed by atoms with Crippen LogP contribution in [0.4, 0.5) is 4.39 Å². The van der Waals surface area contributed by atoms with E-state index in [2.05, 4.69) is 19.2 Å². The van der Waals surface area contributed by atoms with E-state index in [1.807, 2.05) is 6.07 Å². The zero-order chi connectivity index (χ0) is 12.4. The third-order valence-electron chi connectivity index (χ3n) is 2.80. The summed E-state index contributed by atoms with van der Waals surface area (Å²) in [6, 6.07) is 6.39. The second-order valence-corrected chi connectivity index (χ2v) is 4.78. The first-order chi connectivity index (χ1) is 8.08. The molecule has 0 spiro atoms. The van der Waals surface area contributed by atoms with Gasteiger partial charge in [0.2, 0.25) is 5.91 Å². The first-order valence-electron chi connectivity index (χ1n) is 5.86. The summed E-state index contributed by atoms with van der Waals surface area (Å²) >= 11 is 0. The lowest BCUT2D eigenvalue weighted by Gasteiger charge is -2.26. The lowest BCUT2D eigenvalue weighted by molar-refractivity contribution is -0.128. The Balaban J connectivity index is 2.22. The summed E-state index contributed by atoms with van der Waals surface area (Å²) in [5.74, 6) is 0.205. The van der Waals surface area contributed by atoms with Crippen LogP contribution in [0.5, 0.6) is 0 Å². The second kappa shape index (κ2) is 4.84. The second-order valence-electron chi connectivity index (χ2n) is 4.78. The van der Waals surface area contributed by atoms with E-state index >= 15 is 0 Å². The molecular weight excluding hydrogens is 219 g/mol. The number of hydrogen-bond donors (Lipinski definition) is 1. The Morgan fingerprint density at radius 3 is 2.94 bits per heavy atom. The molecule has 1 N–H and O–H groups in total. The summed E-state index contributed by atoms with van der Waals surface area (Å²) in [6.07, 6.45) is -0.194. The topological polar surface area (TPSA) is 32.3 Å². The fraction of sp³-hybridized carbons (Fsp3) is 0.462. The Morgan fingerprint density at radius 1 is 1.53 bits per heavy atom. The molecule has 1 fully saturated rings. The van der Waals surface area contributed by atoms with Gasteiger partial charge in [-0.1, -0.05) is 26.0 Å². The molecule has 17 heavy (non-hydrogen) atoms. The van der Waals surface area contributed by atoms with Crippen molar-refractivity contribution in [2.75, 3.05) is 13.1 Å². The van der Waals surface area contributed by atoms with Gasteiger partial charge in [0, 0.05) is 6.54 Å². The molecule has 1 saturated heterocycles. The first kappa shape index (κ1) is 12.0. The lowest BCUT2D eigenvalue weighted by atomic mass is 10.1. The Labute approximate surface area is 101 Å². The SMILES string of the molecule is CC(C)CN1C(=O)CNC1c1cccc(F)c1. The van der Waals surface area contributed by atoms with E-state index in [1.165, 1.54) is 12.1 Å². The Kier molecular flexibility index (Phi) is 3.43. The van der Waals surface area contributed by atoms with Crippen molar-refractivity contribution in [1.29, 1.82) is 0 Å². The van der Waals surface area contributed by atoms with Crippen molar-refractivity contribution in [1.82, 2.24) is 10.2 Å². The normalized spacial score (nSPS) is 20.4. The van der Waals surface area contributed by atoms with Gasteiger partial charge in [0.25, 0.3) is 0 Å². The quantitative estimate of drug-likeness (QED) is 0.869. The van der Waals surface area contributed by atoms with Gasteiger partial charge in [0.1, 0.15) is 12.0 Å². The number of benzene rings is 1. The van der Waals surface area contributed by atoms with Gasteiger partial charge in [-0.2, -0.15) is 0 Å². The van der Waals surface area contributed by atoms with Gasteiger partial charge >= 0.3 is 0 Å². The van der Waals surface area contributed by atoms with E-state index in [4.69, 9.17) is 0 Å². The number of halogens is 1. The van der Waals surface area contributed by atoms with Crippen LogP contribution >= 0.6 is 0 Å². The smallest absolute Gasteiger partial charge is 0.238 e. The zero-order valence-corrected chi connectivity index (χ0v) is 10.1. The molecule has 0 aliphatic carbocycles. The molecular formula is C13H17FN2O. The van der Waals surface area contributed by atoms with Gasteiger partial charge in [-0.15, -0.1) is 0 Å². The number of carbonyl (C=O) groups excluding carboxylic acids is 1. The molecule has 0 bridgehead atoms. The van der Waals surface area contributed by atoms with Crippen LogP contribution in [0.15, 0.2) is 24.3 Å². The van der Waals surface area contributed by atoms with Crippen LogP contribution in [0.2, 0.25) is 0 Å². The number of rotatable bonds is 3. The third kappa shape index (κ3) is 2.64. The molecule has 1 unspecified atom stereocenters. The molecule has 92 valence electrons. The molecule has 1 aliphatic rings. The molecule has 0 radical (unpaired) electrons. The van der Waals surface area contributed by atoms with Gasteiger partial charge in [0.15, 0.2) is 0 Å². The largest absolute Gasteiger partial charge is 0.322 e. The van der Waals surface area contributed by atoms with Crippen molar-refractivity contribution in [3.05, 3.63) is 35.6 Å². The van der Waals surface area contributed by atoms with Crippen LogP contribution in [0.1, 0.15) is 25.6 Å². The number of nitrogens with one attached hydrogen (secondary N) is 1. The fourth-order valence-corrected chi connectivity index (χ4v) is 2.11. The third-order valence-corrected chi connectivity index (χ3v) is 2.80. The van der Waals surface area contributed by atoms with Gasteiger partial charge in [-0.25, -0.2) is 4.39 Å². The zero-order valence-electron chi connectivity index (χ0n) is 10.1. The van der Waals surface area contributed by atoms with E-state index in [0.717, 1.165) is 5.56 Å². The van der Waals surface area contributed by atoms with E-state index in [-0.39, 0.29) is 17.9 Å². The van der Waals surface area contributed by atoms with Gasteiger partial charge in [-0.05, 0) is 23.6 Å². The summed E-state index contributed by atoms with van der Waals surface area (Å²) < 4.78 is 13.2. The van der Waals surface area contributed by atoms with Crippen molar-refractivity contribution < 1.29 is 9.18 Å². The minimum absolute atomic E-state index is 0.0768. The van der Waals surface area contributed by atoms with Gasteiger partial charge in [-0.3, -0.25) is 10.1 Å². The maximum atomic E-state index is 13.2. The minimum Gasteiger partial charge on any atom is -0.322 e. The minimum atomic E-state index is -0.270. The highest BCUT2D eigenvalue weighted by atomic mass is 19.1. The Hall–Kier alpha value is -1.42. The number of nitrogens with zero attached hydrogens (tertiary/aromatic N) is 1.